The molecule has 0 bridgehead atoms. The van der Waals surface area contributed by atoms with Crippen molar-refractivity contribution in [3.63, 3.8) is 0 Å². The fourth-order valence-electron chi connectivity index (χ4n) is 2.40. The van der Waals surface area contributed by atoms with Crippen LogP contribution in [0.2, 0.25) is 0 Å². The van der Waals surface area contributed by atoms with Gasteiger partial charge in [-0.3, -0.25) is 4.79 Å². The summed E-state index contributed by atoms with van der Waals surface area (Å²) in [4.78, 5) is 14.0. The second kappa shape index (κ2) is 4.74. The third-order valence-corrected chi connectivity index (χ3v) is 3.68. The van der Waals surface area contributed by atoms with Crippen LogP contribution in [0, 0.1) is 12.8 Å². The van der Waals surface area contributed by atoms with E-state index in [0.29, 0.717) is 13.2 Å². The third kappa shape index (κ3) is 2.14. The summed E-state index contributed by atoms with van der Waals surface area (Å²) in [6.07, 6.45) is 0. The lowest BCUT2D eigenvalue weighted by Crippen LogP contribution is -2.51. The van der Waals surface area contributed by atoms with E-state index >= 15 is 0 Å². The highest BCUT2D eigenvalue weighted by Gasteiger charge is 2.29. The molecule has 0 radical (unpaired) electrons. The summed E-state index contributed by atoms with van der Waals surface area (Å²) in [5.41, 5.74) is 1.91. The average molecular weight is 262 g/mol. The van der Waals surface area contributed by atoms with Gasteiger partial charge in [0.2, 0.25) is 5.91 Å². The van der Waals surface area contributed by atoms with E-state index in [1.165, 1.54) is 0 Å². The van der Waals surface area contributed by atoms with Crippen LogP contribution >= 0.6 is 0 Å². The molecule has 1 aromatic carbocycles. The van der Waals surface area contributed by atoms with E-state index in [9.17, 15) is 4.79 Å². The van der Waals surface area contributed by atoms with Crippen molar-refractivity contribution in [3.8, 4) is 11.5 Å². The van der Waals surface area contributed by atoms with Gasteiger partial charge in [-0.25, -0.2) is 0 Å². The molecule has 1 saturated heterocycles. The SMILES string of the molecule is Cc1cc2c(cc1N(C)C(=O)C1CNC1)OCCO2. The summed E-state index contributed by atoms with van der Waals surface area (Å²) in [7, 11) is 1.82. The van der Waals surface area contributed by atoms with Crippen LogP contribution in [0.4, 0.5) is 5.69 Å². The molecule has 1 N–H and O–H groups in total. The van der Waals surface area contributed by atoms with Crippen LogP contribution in [-0.4, -0.2) is 39.3 Å². The quantitative estimate of drug-likeness (QED) is 0.862. The maximum absolute atomic E-state index is 12.3. The predicted molar refractivity (Wildman–Crippen MR) is 71.9 cm³/mol. The minimum atomic E-state index is 0.0950. The molecule has 5 nitrogen and oxygen atoms in total. The van der Waals surface area contributed by atoms with Gasteiger partial charge in [-0.05, 0) is 18.6 Å². The van der Waals surface area contributed by atoms with Crippen LogP contribution in [0.1, 0.15) is 5.56 Å². The molecule has 1 aromatic rings. The van der Waals surface area contributed by atoms with Crippen LogP contribution in [0.3, 0.4) is 0 Å². The van der Waals surface area contributed by atoms with Gasteiger partial charge in [0.1, 0.15) is 13.2 Å². The smallest absolute Gasteiger partial charge is 0.232 e. The monoisotopic (exact) mass is 262 g/mol. The maximum atomic E-state index is 12.3. The number of fused-ring (bicyclic) bond motifs is 1. The largest absolute Gasteiger partial charge is 0.486 e. The third-order valence-electron chi connectivity index (χ3n) is 3.68. The van der Waals surface area contributed by atoms with Crippen molar-refractivity contribution in [2.75, 3.05) is 38.3 Å². The Morgan fingerprint density at radius 2 is 1.89 bits per heavy atom. The number of hydrogen-bond acceptors (Lipinski definition) is 4. The number of ether oxygens (including phenoxy) is 2. The van der Waals surface area contributed by atoms with Crippen molar-refractivity contribution in [3.05, 3.63) is 17.7 Å². The fourth-order valence-corrected chi connectivity index (χ4v) is 2.40. The van der Waals surface area contributed by atoms with Gasteiger partial charge in [0.05, 0.1) is 11.6 Å². The molecular weight excluding hydrogens is 244 g/mol. The van der Waals surface area contributed by atoms with Gasteiger partial charge < -0.3 is 19.7 Å². The van der Waals surface area contributed by atoms with E-state index in [1.807, 2.05) is 26.1 Å². The van der Waals surface area contributed by atoms with Gasteiger partial charge >= 0.3 is 0 Å². The predicted octanol–water partition coefficient (Wildman–Crippen LogP) is 0.948. The van der Waals surface area contributed by atoms with E-state index < -0.39 is 0 Å². The first-order chi connectivity index (χ1) is 9.16. The Labute approximate surface area is 112 Å². The van der Waals surface area contributed by atoms with E-state index in [4.69, 9.17) is 9.47 Å². The van der Waals surface area contributed by atoms with Gasteiger partial charge in [0, 0.05) is 26.2 Å². The molecule has 0 saturated carbocycles. The molecule has 2 aliphatic rings. The number of nitrogens with zero attached hydrogens (tertiary/aromatic N) is 1. The number of hydrogen-bond donors (Lipinski definition) is 1. The first kappa shape index (κ1) is 12.3. The minimum absolute atomic E-state index is 0.0950. The Morgan fingerprint density at radius 3 is 2.47 bits per heavy atom. The Balaban J connectivity index is 1.88. The maximum Gasteiger partial charge on any atom is 0.232 e. The highest BCUT2D eigenvalue weighted by atomic mass is 16.6. The zero-order valence-corrected chi connectivity index (χ0v) is 11.2. The van der Waals surface area contributed by atoms with Gasteiger partial charge in [0.25, 0.3) is 0 Å². The van der Waals surface area contributed by atoms with Crippen LogP contribution in [0.15, 0.2) is 12.1 Å². The number of carbonyl (C=O) groups is 1. The molecular formula is C14H18N2O3. The Kier molecular flexibility index (Phi) is 3.06. The molecule has 0 aliphatic carbocycles. The zero-order valence-electron chi connectivity index (χ0n) is 11.2. The van der Waals surface area contributed by atoms with Crippen molar-refractivity contribution in [1.82, 2.24) is 5.32 Å². The number of carbonyl (C=O) groups excluding carboxylic acids is 1. The number of rotatable bonds is 2. The van der Waals surface area contributed by atoms with Crippen molar-refractivity contribution >= 4 is 11.6 Å². The lowest BCUT2D eigenvalue weighted by atomic mass is 10.0. The molecule has 0 unspecified atom stereocenters. The number of amides is 1. The van der Waals surface area contributed by atoms with Crippen LogP contribution in [0.5, 0.6) is 11.5 Å². The van der Waals surface area contributed by atoms with E-state index in [-0.39, 0.29) is 11.8 Å². The summed E-state index contributed by atoms with van der Waals surface area (Å²) in [6, 6.07) is 3.83. The van der Waals surface area contributed by atoms with Crippen molar-refractivity contribution in [2.24, 2.45) is 5.92 Å². The average Bonchev–Trinajstić information content (AvgIpc) is 2.35. The molecule has 5 heteroatoms. The Bertz CT molecular complexity index is 512. The number of aryl methyl sites for hydroxylation is 1. The molecule has 0 aromatic heterocycles. The summed E-state index contributed by atoms with van der Waals surface area (Å²) in [5, 5.41) is 3.12. The summed E-state index contributed by atoms with van der Waals surface area (Å²) in [6.45, 7) is 4.66. The summed E-state index contributed by atoms with van der Waals surface area (Å²) in [5.74, 6) is 1.73. The van der Waals surface area contributed by atoms with E-state index in [0.717, 1.165) is 35.8 Å². The van der Waals surface area contributed by atoms with Gasteiger partial charge in [-0.2, -0.15) is 0 Å². The number of nitrogens with one attached hydrogen (secondary N) is 1. The van der Waals surface area contributed by atoms with E-state index in [1.54, 1.807) is 4.90 Å². The lowest BCUT2D eigenvalue weighted by molar-refractivity contribution is -0.123. The normalized spacial score (nSPS) is 17.8. The summed E-state index contributed by atoms with van der Waals surface area (Å²) < 4.78 is 11.1. The van der Waals surface area contributed by atoms with Crippen molar-refractivity contribution < 1.29 is 14.3 Å². The molecule has 0 atom stereocenters. The van der Waals surface area contributed by atoms with Gasteiger partial charge in [-0.15, -0.1) is 0 Å². The highest BCUT2D eigenvalue weighted by Crippen LogP contribution is 2.36. The molecule has 102 valence electrons. The second-order valence-electron chi connectivity index (χ2n) is 5.03. The zero-order chi connectivity index (χ0) is 13.4. The second-order valence-corrected chi connectivity index (χ2v) is 5.03. The molecule has 2 aliphatic heterocycles. The van der Waals surface area contributed by atoms with E-state index in [2.05, 4.69) is 5.32 Å². The molecule has 0 spiro atoms. The standard InChI is InChI=1S/C14H18N2O3/c1-9-5-12-13(19-4-3-18-12)6-11(9)16(2)14(17)10-7-15-8-10/h5-6,10,15H,3-4,7-8H2,1-2H3. The minimum Gasteiger partial charge on any atom is -0.486 e. The van der Waals surface area contributed by atoms with Crippen LogP contribution < -0.4 is 19.7 Å². The molecule has 1 amide bonds. The Hall–Kier alpha value is -1.75. The Morgan fingerprint density at radius 1 is 1.26 bits per heavy atom. The fraction of sp³-hybridized carbons (Fsp3) is 0.500. The van der Waals surface area contributed by atoms with Crippen LogP contribution in [0.25, 0.3) is 0 Å². The molecule has 2 heterocycles. The van der Waals surface area contributed by atoms with Crippen molar-refractivity contribution in [1.29, 1.82) is 0 Å². The van der Waals surface area contributed by atoms with Crippen LogP contribution in [-0.2, 0) is 4.79 Å². The number of anilines is 1. The van der Waals surface area contributed by atoms with Crippen molar-refractivity contribution in [2.45, 2.75) is 6.92 Å². The molecule has 3 rings (SSSR count). The van der Waals surface area contributed by atoms with Gasteiger partial charge in [-0.1, -0.05) is 0 Å². The summed E-state index contributed by atoms with van der Waals surface area (Å²) >= 11 is 0. The first-order valence-corrected chi connectivity index (χ1v) is 6.55. The molecule has 19 heavy (non-hydrogen) atoms. The highest BCUT2D eigenvalue weighted by molar-refractivity contribution is 5.96. The first-order valence-electron chi connectivity index (χ1n) is 6.55. The topological polar surface area (TPSA) is 50.8 Å². The lowest BCUT2D eigenvalue weighted by Gasteiger charge is -2.31. The molecule has 1 fully saturated rings. The van der Waals surface area contributed by atoms with Gasteiger partial charge in [0.15, 0.2) is 11.5 Å². The number of benzene rings is 1.